The van der Waals surface area contributed by atoms with Gasteiger partial charge in [0.05, 0.1) is 6.04 Å². The van der Waals surface area contributed by atoms with E-state index in [1.807, 2.05) is 0 Å². The predicted molar refractivity (Wildman–Crippen MR) is 60.5 cm³/mol. The van der Waals surface area contributed by atoms with Gasteiger partial charge in [-0.05, 0) is 6.42 Å². The molecule has 1 fully saturated rings. The van der Waals surface area contributed by atoms with Crippen LogP contribution in [0.1, 0.15) is 19.8 Å². The Hall–Kier alpha value is -1.21. The van der Waals surface area contributed by atoms with Crippen molar-refractivity contribution in [2.75, 3.05) is 26.2 Å². The predicted octanol–water partition coefficient (Wildman–Crippen LogP) is 0.403. The zero-order valence-corrected chi connectivity index (χ0v) is 9.25. The van der Waals surface area contributed by atoms with Crippen LogP contribution in [0.3, 0.4) is 0 Å². The molecule has 0 aromatic heterocycles. The summed E-state index contributed by atoms with van der Waals surface area (Å²) in [6.07, 6.45) is 7.44. The SMILES string of the molecule is C#CC(CCC)NCCN1CCNC1=O. The Morgan fingerprint density at radius 1 is 1.73 bits per heavy atom. The molecule has 1 unspecified atom stereocenters. The molecule has 0 aromatic carbocycles. The van der Waals surface area contributed by atoms with Crippen molar-refractivity contribution in [3.8, 4) is 12.3 Å². The number of hydrogen-bond donors (Lipinski definition) is 2. The Bertz CT molecular complexity index is 247. The number of nitrogens with zero attached hydrogens (tertiary/aromatic N) is 1. The molecule has 84 valence electrons. The van der Waals surface area contributed by atoms with Gasteiger partial charge < -0.3 is 15.5 Å². The Labute approximate surface area is 91.4 Å². The molecule has 4 nitrogen and oxygen atoms in total. The van der Waals surface area contributed by atoms with E-state index in [9.17, 15) is 4.79 Å². The van der Waals surface area contributed by atoms with Crippen LogP contribution in [-0.4, -0.2) is 43.2 Å². The summed E-state index contributed by atoms with van der Waals surface area (Å²) >= 11 is 0. The molecule has 15 heavy (non-hydrogen) atoms. The number of hydrogen-bond acceptors (Lipinski definition) is 2. The Balaban J connectivity index is 2.15. The third-order valence-electron chi connectivity index (χ3n) is 2.50. The molecule has 2 N–H and O–H groups in total. The summed E-state index contributed by atoms with van der Waals surface area (Å²) in [6, 6.07) is 0.171. The van der Waals surface area contributed by atoms with E-state index in [1.54, 1.807) is 4.90 Å². The van der Waals surface area contributed by atoms with Gasteiger partial charge >= 0.3 is 6.03 Å². The molecule has 1 rings (SSSR count). The highest BCUT2D eigenvalue weighted by atomic mass is 16.2. The summed E-state index contributed by atoms with van der Waals surface area (Å²) in [5, 5.41) is 6.03. The fourth-order valence-electron chi connectivity index (χ4n) is 1.63. The van der Waals surface area contributed by atoms with Crippen LogP contribution in [0.2, 0.25) is 0 Å². The highest BCUT2D eigenvalue weighted by Gasteiger charge is 2.18. The van der Waals surface area contributed by atoms with Crippen LogP contribution in [0.25, 0.3) is 0 Å². The quantitative estimate of drug-likeness (QED) is 0.622. The van der Waals surface area contributed by atoms with Gasteiger partial charge in [0, 0.05) is 26.2 Å². The Morgan fingerprint density at radius 3 is 3.07 bits per heavy atom. The average Bonchev–Trinajstić information content (AvgIpc) is 2.63. The van der Waals surface area contributed by atoms with Gasteiger partial charge in [0.1, 0.15) is 0 Å². The van der Waals surface area contributed by atoms with Gasteiger partial charge in [-0.15, -0.1) is 6.42 Å². The number of urea groups is 1. The van der Waals surface area contributed by atoms with Crippen LogP contribution in [0.4, 0.5) is 4.79 Å². The van der Waals surface area contributed by atoms with Gasteiger partial charge in [-0.3, -0.25) is 0 Å². The van der Waals surface area contributed by atoms with Crippen LogP contribution in [0.15, 0.2) is 0 Å². The summed E-state index contributed by atoms with van der Waals surface area (Å²) in [5.41, 5.74) is 0. The van der Waals surface area contributed by atoms with E-state index < -0.39 is 0 Å². The molecule has 1 atom stereocenters. The fraction of sp³-hybridized carbons (Fsp3) is 0.727. The van der Waals surface area contributed by atoms with Crippen molar-refractivity contribution in [2.45, 2.75) is 25.8 Å². The van der Waals surface area contributed by atoms with E-state index in [4.69, 9.17) is 6.42 Å². The van der Waals surface area contributed by atoms with Crippen LogP contribution >= 0.6 is 0 Å². The minimum atomic E-state index is 0.0320. The van der Waals surface area contributed by atoms with E-state index in [2.05, 4.69) is 23.5 Å². The molecule has 0 spiro atoms. The van der Waals surface area contributed by atoms with E-state index in [1.165, 1.54) is 0 Å². The average molecular weight is 209 g/mol. The summed E-state index contributed by atoms with van der Waals surface area (Å²) in [4.78, 5) is 13.0. The van der Waals surface area contributed by atoms with Crippen molar-refractivity contribution >= 4 is 6.03 Å². The maximum absolute atomic E-state index is 11.2. The molecule has 0 aromatic rings. The van der Waals surface area contributed by atoms with E-state index in [0.717, 1.165) is 39.0 Å². The third-order valence-corrected chi connectivity index (χ3v) is 2.50. The highest BCUT2D eigenvalue weighted by molar-refractivity contribution is 5.76. The topological polar surface area (TPSA) is 44.4 Å². The number of rotatable bonds is 6. The van der Waals surface area contributed by atoms with Gasteiger partial charge in [0.15, 0.2) is 0 Å². The summed E-state index contributed by atoms with van der Waals surface area (Å²) < 4.78 is 0. The molecular weight excluding hydrogens is 190 g/mol. The molecule has 1 aliphatic rings. The Morgan fingerprint density at radius 2 is 2.53 bits per heavy atom. The molecule has 0 radical (unpaired) electrons. The lowest BCUT2D eigenvalue weighted by Gasteiger charge is -2.16. The lowest BCUT2D eigenvalue weighted by Crippen LogP contribution is -2.38. The van der Waals surface area contributed by atoms with Crippen molar-refractivity contribution in [1.82, 2.24) is 15.5 Å². The molecule has 1 saturated heterocycles. The monoisotopic (exact) mass is 209 g/mol. The first-order valence-electron chi connectivity index (χ1n) is 5.50. The van der Waals surface area contributed by atoms with E-state index >= 15 is 0 Å². The first-order chi connectivity index (χ1) is 7.27. The summed E-state index contributed by atoms with van der Waals surface area (Å²) in [5.74, 6) is 2.71. The second-order valence-corrected chi connectivity index (χ2v) is 3.68. The zero-order chi connectivity index (χ0) is 11.1. The molecule has 1 aliphatic heterocycles. The summed E-state index contributed by atoms with van der Waals surface area (Å²) in [7, 11) is 0. The first-order valence-corrected chi connectivity index (χ1v) is 5.50. The van der Waals surface area contributed by atoms with Gasteiger partial charge in [-0.2, -0.15) is 0 Å². The molecule has 0 saturated carbocycles. The number of amides is 2. The van der Waals surface area contributed by atoms with Gasteiger partial charge in [-0.25, -0.2) is 4.79 Å². The van der Waals surface area contributed by atoms with Crippen molar-refractivity contribution < 1.29 is 4.79 Å². The molecule has 1 heterocycles. The second kappa shape index (κ2) is 6.31. The third kappa shape index (κ3) is 3.80. The van der Waals surface area contributed by atoms with Crippen molar-refractivity contribution in [3.63, 3.8) is 0 Å². The van der Waals surface area contributed by atoms with Crippen LogP contribution in [0, 0.1) is 12.3 Å². The second-order valence-electron chi connectivity index (χ2n) is 3.68. The fourth-order valence-corrected chi connectivity index (χ4v) is 1.63. The number of carbonyl (C=O) groups excluding carboxylic acids is 1. The summed E-state index contributed by atoms with van der Waals surface area (Å²) in [6.45, 7) is 5.16. The standard InChI is InChI=1S/C11H19N3O/c1-3-5-10(4-2)12-6-8-14-9-7-13-11(14)15/h2,10,12H,3,5-9H2,1H3,(H,13,15). The lowest BCUT2D eigenvalue weighted by molar-refractivity contribution is 0.217. The van der Waals surface area contributed by atoms with Crippen LogP contribution < -0.4 is 10.6 Å². The molecule has 2 amide bonds. The molecule has 4 heteroatoms. The van der Waals surface area contributed by atoms with Gasteiger partial charge in [0.2, 0.25) is 0 Å². The van der Waals surface area contributed by atoms with Crippen molar-refractivity contribution in [2.24, 2.45) is 0 Å². The largest absolute Gasteiger partial charge is 0.336 e. The van der Waals surface area contributed by atoms with E-state index in [-0.39, 0.29) is 12.1 Å². The molecule has 0 bridgehead atoms. The van der Waals surface area contributed by atoms with Crippen molar-refractivity contribution in [1.29, 1.82) is 0 Å². The van der Waals surface area contributed by atoms with E-state index in [0.29, 0.717) is 0 Å². The zero-order valence-electron chi connectivity index (χ0n) is 9.25. The minimum Gasteiger partial charge on any atom is -0.336 e. The smallest absolute Gasteiger partial charge is 0.317 e. The minimum absolute atomic E-state index is 0.0320. The molecule has 0 aliphatic carbocycles. The van der Waals surface area contributed by atoms with Crippen molar-refractivity contribution in [3.05, 3.63) is 0 Å². The number of carbonyl (C=O) groups is 1. The maximum atomic E-state index is 11.2. The maximum Gasteiger partial charge on any atom is 0.317 e. The van der Waals surface area contributed by atoms with Crippen LogP contribution in [0.5, 0.6) is 0 Å². The number of terminal acetylenes is 1. The highest BCUT2D eigenvalue weighted by Crippen LogP contribution is 1.97. The number of nitrogens with one attached hydrogen (secondary N) is 2. The van der Waals surface area contributed by atoms with Gasteiger partial charge in [-0.1, -0.05) is 19.3 Å². The normalized spacial score (nSPS) is 17.3. The first kappa shape index (κ1) is 11.9. The lowest BCUT2D eigenvalue weighted by atomic mass is 10.2. The Kier molecular flexibility index (Phi) is 4.99. The van der Waals surface area contributed by atoms with Gasteiger partial charge in [0.25, 0.3) is 0 Å². The molecular formula is C11H19N3O. The van der Waals surface area contributed by atoms with Crippen LogP contribution in [-0.2, 0) is 0 Å².